The van der Waals surface area contributed by atoms with E-state index in [1.54, 1.807) is 11.3 Å². The first-order valence-electron chi connectivity index (χ1n) is 8.92. The summed E-state index contributed by atoms with van der Waals surface area (Å²) in [5, 5.41) is 4.84. The number of piperidine rings is 1. The molecule has 11 heteroatoms. The van der Waals surface area contributed by atoms with Crippen LogP contribution in [0.5, 0.6) is 0 Å². The first kappa shape index (κ1) is 20.5. The van der Waals surface area contributed by atoms with Gasteiger partial charge in [-0.1, -0.05) is 6.07 Å². The second kappa shape index (κ2) is 8.41. The van der Waals surface area contributed by atoms with Gasteiger partial charge < -0.3 is 10.3 Å². The van der Waals surface area contributed by atoms with Gasteiger partial charge in [-0.2, -0.15) is 4.31 Å². The largest absolute Gasteiger partial charge is 0.355 e. The molecule has 1 saturated heterocycles. The zero-order valence-electron chi connectivity index (χ0n) is 15.4. The molecule has 1 fully saturated rings. The molecule has 2 aromatic rings. The molecule has 1 aliphatic rings. The van der Waals surface area contributed by atoms with Crippen LogP contribution in [0.1, 0.15) is 23.4 Å². The minimum atomic E-state index is -4.12. The number of aromatic nitrogens is 2. The number of thiophene rings is 1. The Morgan fingerprint density at radius 2 is 2.14 bits per heavy atom. The van der Waals surface area contributed by atoms with Crippen LogP contribution in [-0.4, -0.2) is 48.2 Å². The number of hydrogen-bond acceptors (Lipinski definition) is 6. The predicted octanol–water partition coefficient (Wildman–Crippen LogP) is 0.193. The second-order valence-corrected chi connectivity index (χ2v) is 9.59. The molecule has 0 radical (unpaired) electrons. The number of nitrogens with zero attached hydrogens (tertiary/aromatic N) is 1. The summed E-state index contributed by atoms with van der Waals surface area (Å²) >= 11 is 1.62. The molecule has 1 aliphatic heterocycles. The van der Waals surface area contributed by atoms with E-state index in [0.717, 1.165) is 10.7 Å². The van der Waals surface area contributed by atoms with Gasteiger partial charge in [0.25, 0.3) is 5.56 Å². The molecule has 9 nitrogen and oxygen atoms in total. The highest BCUT2D eigenvalue weighted by molar-refractivity contribution is 7.89. The third kappa shape index (κ3) is 4.42. The van der Waals surface area contributed by atoms with Gasteiger partial charge in [0.15, 0.2) is 4.90 Å². The van der Waals surface area contributed by atoms with Crippen molar-refractivity contribution >= 4 is 27.3 Å². The Labute approximate surface area is 165 Å². The lowest BCUT2D eigenvalue weighted by Gasteiger charge is -2.31. The van der Waals surface area contributed by atoms with Crippen molar-refractivity contribution in [2.24, 2.45) is 5.92 Å². The van der Waals surface area contributed by atoms with Gasteiger partial charge in [0, 0.05) is 30.2 Å². The Morgan fingerprint density at radius 1 is 1.36 bits per heavy atom. The number of amides is 1. The van der Waals surface area contributed by atoms with Gasteiger partial charge in [-0.25, -0.2) is 13.2 Å². The number of carbonyl (C=O) groups excluding carboxylic acids is 1. The molecule has 2 aromatic heterocycles. The van der Waals surface area contributed by atoms with Crippen LogP contribution in [0.15, 0.2) is 32.0 Å². The number of H-pyrrole nitrogens is 2. The van der Waals surface area contributed by atoms with Crippen LogP contribution in [0.4, 0.5) is 0 Å². The first-order valence-corrected chi connectivity index (χ1v) is 11.2. The fourth-order valence-corrected chi connectivity index (χ4v) is 5.75. The van der Waals surface area contributed by atoms with E-state index in [1.165, 1.54) is 11.8 Å². The second-order valence-electron chi connectivity index (χ2n) is 6.68. The minimum Gasteiger partial charge on any atom is -0.355 e. The van der Waals surface area contributed by atoms with Gasteiger partial charge in [-0.3, -0.25) is 14.6 Å². The maximum Gasteiger partial charge on any atom is 0.325 e. The van der Waals surface area contributed by atoms with Crippen LogP contribution < -0.4 is 16.6 Å². The van der Waals surface area contributed by atoms with Crippen LogP contribution in [0, 0.1) is 12.8 Å². The van der Waals surface area contributed by atoms with E-state index in [9.17, 15) is 22.8 Å². The summed E-state index contributed by atoms with van der Waals surface area (Å²) in [5.74, 6) is -0.669. The maximum atomic E-state index is 12.9. The van der Waals surface area contributed by atoms with Gasteiger partial charge in [0.1, 0.15) is 0 Å². The van der Waals surface area contributed by atoms with Crippen LogP contribution >= 0.6 is 11.3 Å². The molecule has 0 spiro atoms. The quantitative estimate of drug-likeness (QED) is 0.607. The van der Waals surface area contributed by atoms with E-state index in [4.69, 9.17) is 0 Å². The number of nitrogens with one attached hydrogen (secondary N) is 3. The van der Waals surface area contributed by atoms with Crippen molar-refractivity contribution in [2.75, 3.05) is 19.6 Å². The first-order chi connectivity index (χ1) is 13.3. The summed E-state index contributed by atoms with van der Waals surface area (Å²) in [6, 6.07) is 3.95. The molecule has 0 saturated carbocycles. The monoisotopic (exact) mass is 426 g/mol. The van der Waals surface area contributed by atoms with E-state index in [1.807, 2.05) is 22.5 Å². The van der Waals surface area contributed by atoms with Gasteiger partial charge >= 0.3 is 5.69 Å². The topological polar surface area (TPSA) is 132 Å². The third-order valence-corrected chi connectivity index (χ3v) is 7.63. The Hall–Kier alpha value is -2.24. The van der Waals surface area contributed by atoms with Crippen molar-refractivity contribution in [3.63, 3.8) is 0 Å². The highest BCUT2D eigenvalue weighted by Crippen LogP contribution is 2.23. The number of hydrogen-bond donors (Lipinski definition) is 3. The average molecular weight is 427 g/mol. The van der Waals surface area contributed by atoms with Crippen molar-refractivity contribution < 1.29 is 13.2 Å². The lowest BCUT2D eigenvalue weighted by molar-refractivity contribution is -0.126. The molecule has 28 heavy (non-hydrogen) atoms. The van der Waals surface area contributed by atoms with E-state index in [-0.39, 0.29) is 24.7 Å². The molecule has 1 amide bonds. The molecule has 3 N–H and O–H groups in total. The smallest absolute Gasteiger partial charge is 0.325 e. The van der Waals surface area contributed by atoms with Gasteiger partial charge in [0.2, 0.25) is 15.9 Å². The van der Waals surface area contributed by atoms with Crippen molar-refractivity contribution in [2.45, 2.75) is 31.1 Å². The molecular weight excluding hydrogens is 404 g/mol. The van der Waals surface area contributed by atoms with Crippen molar-refractivity contribution in [3.8, 4) is 0 Å². The van der Waals surface area contributed by atoms with E-state index in [0.29, 0.717) is 19.4 Å². The summed E-state index contributed by atoms with van der Waals surface area (Å²) in [7, 11) is -4.12. The van der Waals surface area contributed by atoms with Crippen LogP contribution in [0.3, 0.4) is 0 Å². The van der Waals surface area contributed by atoms with Crippen molar-refractivity contribution in [1.82, 2.24) is 19.6 Å². The molecule has 3 heterocycles. The number of carbonyl (C=O) groups is 1. The molecule has 3 rings (SSSR count). The standard InChI is InChI=1S/C17H22N4O5S2/c1-11-14(16(23)20-17(24)19-11)28(25,26)21-8-2-4-12(10-21)15(22)18-7-6-13-5-3-9-27-13/h3,5,9,12H,2,4,6-8,10H2,1H3,(H,18,22)(H2,19,20,23,24)/t12-/m0/s1. The van der Waals surface area contributed by atoms with E-state index in [2.05, 4.69) is 10.3 Å². The predicted molar refractivity (Wildman–Crippen MR) is 105 cm³/mol. The molecule has 0 bridgehead atoms. The van der Waals surface area contributed by atoms with Gasteiger partial charge in [0.05, 0.1) is 5.92 Å². The highest BCUT2D eigenvalue weighted by atomic mass is 32.2. The molecular formula is C17H22N4O5S2. The lowest BCUT2D eigenvalue weighted by Crippen LogP contribution is -2.47. The van der Waals surface area contributed by atoms with Crippen LogP contribution in [0.25, 0.3) is 0 Å². The van der Waals surface area contributed by atoms with Gasteiger partial charge in [-0.15, -0.1) is 11.3 Å². The molecule has 0 unspecified atom stereocenters. The Morgan fingerprint density at radius 3 is 2.82 bits per heavy atom. The number of sulfonamides is 1. The van der Waals surface area contributed by atoms with Crippen molar-refractivity contribution in [3.05, 3.63) is 48.9 Å². The zero-order valence-corrected chi connectivity index (χ0v) is 17.0. The molecule has 0 aromatic carbocycles. The van der Waals surface area contributed by atoms with E-state index >= 15 is 0 Å². The maximum absolute atomic E-state index is 12.9. The SMILES string of the molecule is Cc1[nH]c(=O)[nH]c(=O)c1S(=O)(=O)N1CCC[C@H](C(=O)NCCc2cccs2)C1. The minimum absolute atomic E-state index is 0.00513. The Kier molecular flexibility index (Phi) is 6.16. The normalized spacial score (nSPS) is 18.1. The molecule has 152 valence electrons. The highest BCUT2D eigenvalue weighted by Gasteiger charge is 2.35. The molecule has 1 atom stereocenters. The summed E-state index contributed by atoms with van der Waals surface area (Å²) in [4.78, 5) is 40.8. The number of aryl methyl sites for hydroxylation is 1. The fourth-order valence-electron chi connectivity index (χ4n) is 3.31. The lowest BCUT2D eigenvalue weighted by atomic mass is 9.99. The third-order valence-electron chi connectivity index (χ3n) is 4.68. The van der Waals surface area contributed by atoms with Crippen molar-refractivity contribution in [1.29, 1.82) is 0 Å². The zero-order chi connectivity index (χ0) is 20.3. The number of rotatable bonds is 6. The van der Waals surface area contributed by atoms with E-state index < -0.39 is 32.1 Å². The van der Waals surface area contributed by atoms with Gasteiger partial charge in [-0.05, 0) is 37.6 Å². The van der Waals surface area contributed by atoms with Crippen LogP contribution in [0.2, 0.25) is 0 Å². The number of aromatic amines is 2. The summed E-state index contributed by atoms with van der Waals surface area (Å²) in [6.45, 7) is 2.08. The molecule has 0 aliphatic carbocycles. The fraction of sp³-hybridized carbons (Fsp3) is 0.471. The van der Waals surface area contributed by atoms with Crippen LogP contribution in [-0.2, 0) is 21.2 Å². The summed E-state index contributed by atoms with van der Waals surface area (Å²) in [5.41, 5.74) is -1.73. The summed E-state index contributed by atoms with van der Waals surface area (Å²) < 4.78 is 27.0. The Balaban J connectivity index is 1.69. The summed E-state index contributed by atoms with van der Waals surface area (Å²) in [6.07, 6.45) is 1.82. The average Bonchev–Trinajstić information content (AvgIpc) is 3.14. The Bertz CT molecular complexity index is 1060.